The summed E-state index contributed by atoms with van der Waals surface area (Å²) in [7, 11) is -4.72. The molecular formula is C8H3Cl2N2NaO5S. The van der Waals surface area contributed by atoms with Crippen LogP contribution in [0.25, 0.3) is 10.9 Å². The first-order valence-electron chi connectivity index (χ1n) is 4.33. The topological polar surface area (TPSA) is 101 Å². The molecule has 0 aliphatic rings. The van der Waals surface area contributed by atoms with Crippen molar-refractivity contribution in [2.75, 3.05) is 0 Å². The van der Waals surface area contributed by atoms with E-state index in [0.29, 0.717) is 4.09 Å². The van der Waals surface area contributed by atoms with Crippen LogP contribution in [0.3, 0.4) is 0 Å². The van der Waals surface area contributed by atoms with Gasteiger partial charge in [-0.1, -0.05) is 0 Å². The smallest absolute Gasteiger partial charge is 0.744 e. The molecule has 0 amide bonds. The fraction of sp³-hybridized carbons (Fsp3) is 0. The van der Waals surface area contributed by atoms with E-state index < -0.39 is 26.3 Å². The Bertz CT molecular complexity index is 873. The number of benzene rings is 1. The molecule has 0 N–H and O–H groups in total. The summed E-state index contributed by atoms with van der Waals surface area (Å²) < 4.78 is 33.2. The van der Waals surface area contributed by atoms with Gasteiger partial charge in [-0.05, 0) is 18.2 Å². The van der Waals surface area contributed by atoms with Crippen molar-refractivity contribution in [1.82, 2.24) is 8.17 Å². The van der Waals surface area contributed by atoms with Gasteiger partial charge in [0.1, 0.15) is 10.1 Å². The van der Waals surface area contributed by atoms with E-state index in [1.807, 2.05) is 0 Å². The molecule has 2 rings (SSSR count). The average molecular weight is 333 g/mol. The van der Waals surface area contributed by atoms with E-state index in [1.54, 1.807) is 0 Å². The number of aromatic nitrogens is 2. The van der Waals surface area contributed by atoms with Crippen LogP contribution in [-0.2, 0) is 10.1 Å². The number of halogens is 2. The minimum atomic E-state index is -4.72. The molecule has 0 bridgehead atoms. The molecule has 0 fully saturated rings. The number of hydrogen-bond donors (Lipinski definition) is 0. The second-order valence-corrected chi connectivity index (χ2v) is 5.34. The minimum absolute atomic E-state index is 0. The van der Waals surface area contributed by atoms with Gasteiger partial charge in [0.15, 0.2) is 0 Å². The number of rotatable bonds is 1. The molecule has 0 saturated carbocycles. The van der Waals surface area contributed by atoms with Gasteiger partial charge in [-0.25, -0.2) is 17.3 Å². The van der Waals surface area contributed by atoms with Crippen LogP contribution >= 0.6 is 23.6 Å². The largest absolute Gasteiger partial charge is 1.00 e. The first-order valence-corrected chi connectivity index (χ1v) is 6.42. The molecule has 11 heteroatoms. The third kappa shape index (κ3) is 2.89. The fourth-order valence-corrected chi connectivity index (χ4v) is 2.31. The monoisotopic (exact) mass is 332 g/mol. The maximum Gasteiger partial charge on any atom is 1.00 e. The molecule has 1 heterocycles. The molecule has 0 radical (unpaired) electrons. The van der Waals surface area contributed by atoms with Crippen LogP contribution in [-0.4, -0.2) is 21.1 Å². The van der Waals surface area contributed by atoms with Crippen LogP contribution in [0.1, 0.15) is 0 Å². The van der Waals surface area contributed by atoms with Gasteiger partial charge in [0.05, 0.1) is 15.8 Å². The molecule has 96 valence electrons. The second-order valence-electron chi connectivity index (χ2n) is 3.28. The van der Waals surface area contributed by atoms with Crippen molar-refractivity contribution >= 4 is 44.6 Å². The van der Waals surface area contributed by atoms with Crippen molar-refractivity contribution in [3.8, 4) is 0 Å². The van der Waals surface area contributed by atoms with E-state index in [1.165, 1.54) is 0 Å². The van der Waals surface area contributed by atoms with E-state index in [0.717, 1.165) is 18.2 Å². The summed E-state index contributed by atoms with van der Waals surface area (Å²) in [6.07, 6.45) is 0. The Morgan fingerprint density at radius 2 is 1.68 bits per heavy atom. The standard InChI is InChI=1S/C8H4Cl2N2O5S.Na/c9-11-6-2-1-4(18(15,16)17)3-5(6)7(13)12(10)8(11)14;/h1-3H,(H,15,16,17);/q;+1/p-1. The zero-order valence-corrected chi connectivity index (χ0v) is 13.7. The zero-order chi connectivity index (χ0) is 13.7. The van der Waals surface area contributed by atoms with Crippen molar-refractivity contribution in [3.63, 3.8) is 0 Å². The summed E-state index contributed by atoms with van der Waals surface area (Å²) >= 11 is 11.0. The van der Waals surface area contributed by atoms with Gasteiger partial charge in [0.25, 0.3) is 5.56 Å². The Hall–Kier alpha value is -0.350. The van der Waals surface area contributed by atoms with E-state index >= 15 is 0 Å². The van der Waals surface area contributed by atoms with Crippen molar-refractivity contribution in [3.05, 3.63) is 39.0 Å². The first-order chi connectivity index (χ1) is 8.23. The molecule has 7 nitrogen and oxygen atoms in total. The maximum atomic E-state index is 11.6. The van der Waals surface area contributed by atoms with Gasteiger partial charge >= 0.3 is 35.2 Å². The van der Waals surface area contributed by atoms with E-state index in [2.05, 4.69) is 0 Å². The summed E-state index contributed by atoms with van der Waals surface area (Å²) in [5.74, 6) is 0. The van der Waals surface area contributed by atoms with Gasteiger partial charge in [0.2, 0.25) is 0 Å². The second kappa shape index (κ2) is 5.57. The molecule has 2 aromatic rings. The van der Waals surface area contributed by atoms with Crippen LogP contribution in [0.5, 0.6) is 0 Å². The number of nitrogens with zero attached hydrogens (tertiary/aromatic N) is 2. The molecule has 19 heavy (non-hydrogen) atoms. The normalized spacial score (nSPS) is 11.3. The predicted octanol–water partition coefficient (Wildman–Crippen LogP) is -2.92. The van der Waals surface area contributed by atoms with Gasteiger partial charge in [-0.3, -0.25) is 4.79 Å². The Kier molecular flexibility index (Phi) is 4.89. The molecule has 0 atom stereocenters. The van der Waals surface area contributed by atoms with E-state index in [4.69, 9.17) is 23.6 Å². The molecule has 0 unspecified atom stereocenters. The van der Waals surface area contributed by atoms with Gasteiger partial charge in [-0.15, -0.1) is 0 Å². The average Bonchev–Trinajstić information content (AvgIpc) is 2.32. The summed E-state index contributed by atoms with van der Waals surface area (Å²) in [4.78, 5) is 22.4. The summed E-state index contributed by atoms with van der Waals surface area (Å²) in [6, 6.07) is 2.84. The van der Waals surface area contributed by atoms with Crippen LogP contribution < -0.4 is 40.8 Å². The predicted molar refractivity (Wildman–Crippen MR) is 62.9 cm³/mol. The Morgan fingerprint density at radius 1 is 1.11 bits per heavy atom. The van der Waals surface area contributed by atoms with Crippen LogP contribution in [0.4, 0.5) is 0 Å². The summed E-state index contributed by atoms with van der Waals surface area (Å²) in [5.41, 5.74) is -2.00. The van der Waals surface area contributed by atoms with Crippen molar-refractivity contribution in [2.45, 2.75) is 4.90 Å². The minimum Gasteiger partial charge on any atom is -0.744 e. The van der Waals surface area contributed by atoms with Crippen molar-refractivity contribution in [1.29, 1.82) is 0 Å². The van der Waals surface area contributed by atoms with Crippen LogP contribution in [0.2, 0.25) is 0 Å². The zero-order valence-electron chi connectivity index (χ0n) is 9.33. The third-order valence-corrected chi connectivity index (χ3v) is 3.67. The summed E-state index contributed by atoms with van der Waals surface area (Å²) in [6.45, 7) is 0. The Balaban J connectivity index is 0.00000180. The van der Waals surface area contributed by atoms with Gasteiger partial charge in [0, 0.05) is 23.6 Å². The molecule has 0 aliphatic heterocycles. The van der Waals surface area contributed by atoms with Crippen molar-refractivity contribution in [2.24, 2.45) is 0 Å². The number of hydrogen-bond acceptors (Lipinski definition) is 5. The Morgan fingerprint density at radius 3 is 2.21 bits per heavy atom. The molecular weight excluding hydrogens is 330 g/mol. The quantitative estimate of drug-likeness (QED) is 0.411. The summed E-state index contributed by atoms with van der Waals surface area (Å²) in [5, 5.41) is -0.253. The molecule has 1 aromatic heterocycles. The van der Waals surface area contributed by atoms with Crippen molar-refractivity contribution < 1.29 is 42.5 Å². The first kappa shape index (κ1) is 16.7. The van der Waals surface area contributed by atoms with Crippen LogP contribution in [0.15, 0.2) is 32.7 Å². The third-order valence-electron chi connectivity index (χ3n) is 2.21. The number of fused-ring (bicyclic) bond motifs is 1. The molecule has 1 aromatic carbocycles. The molecule has 0 spiro atoms. The SMILES string of the molecule is O=c1c2cc(S(=O)(=O)[O-])ccc2n(Cl)c(=O)n1Cl.[Na+]. The van der Waals surface area contributed by atoms with Crippen LogP contribution in [0, 0.1) is 0 Å². The maximum absolute atomic E-state index is 11.6. The molecule has 0 saturated heterocycles. The van der Waals surface area contributed by atoms with Gasteiger partial charge in [-0.2, -0.15) is 4.09 Å². The Labute approximate surface area is 138 Å². The van der Waals surface area contributed by atoms with E-state index in [-0.39, 0.29) is 44.5 Å². The van der Waals surface area contributed by atoms with Gasteiger partial charge < -0.3 is 4.55 Å². The van der Waals surface area contributed by atoms with E-state index in [9.17, 15) is 22.6 Å². The molecule has 0 aliphatic carbocycles. The fourth-order valence-electron chi connectivity index (χ4n) is 1.39.